The van der Waals surface area contributed by atoms with Crippen molar-refractivity contribution in [2.45, 2.75) is 20.0 Å². The van der Waals surface area contributed by atoms with E-state index in [9.17, 15) is 23.3 Å². The summed E-state index contributed by atoms with van der Waals surface area (Å²) in [6, 6.07) is 12.9. The van der Waals surface area contributed by atoms with Gasteiger partial charge in [0.25, 0.3) is 0 Å². The van der Waals surface area contributed by atoms with E-state index in [-0.39, 0.29) is 11.5 Å². The molecule has 0 spiro atoms. The lowest BCUT2D eigenvalue weighted by atomic mass is 10.1. The number of nitro groups is 1. The lowest BCUT2D eigenvalue weighted by Crippen LogP contribution is -2.06. The Morgan fingerprint density at radius 2 is 1.71 bits per heavy atom. The summed E-state index contributed by atoms with van der Waals surface area (Å²) in [4.78, 5) is 14.7. The topological polar surface area (TPSA) is 64.7 Å². The van der Waals surface area contributed by atoms with Gasteiger partial charge in [-0.15, -0.1) is 0 Å². The number of hydrogen-bond acceptors (Lipinski definition) is 4. The largest absolute Gasteiger partial charge is 0.449 e. The molecule has 0 radical (unpaired) electrons. The van der Waals surface area contributed by atoms with Crippen LogP contribution in [0.2, 0.25) is 0 Å². The van der Waals surface area contributed by atoms with Crippen molar-refractivity contribution in [2.75, 3.05) is 0 Å². The van der Waals surface area contributed by atoms with E-state index in [0.717, 1.165) is 28.9 Å². The van der Waals surface area contributed by atoms with Gasteiger partial charge in [-0.05, 0) is 88.9 Å². The van der Waals surface area contributed by atoms with Crippen LogP contribution in [0.15, 0.2) is 64.1 Å². The molecule has 9 heteroatoms. The predicted molar refractivity (Wildman–Crippen MR) is 115 cm³/mol. The Balaban J connectivity index is 1.84. The van der Waals surface area contributed by atoms with Crippen LogP contribution >= 0.6 is 15.9 Å². The molecule has 0 atom stereocenters. The van der Waals surface area contributed by atoms with Crippen molar-refractivity contribution in [1.82, 2.24) is 0 Å². The molecule has 0 aliphatic rings. The zero-order chi connectivity index (χ0) is 22.8. The number of alkyl halides is 3. The van der Waals surface area contributed by atoms with Crippen LogP contribution in [0.25, 0.3) is 0 Å². The summed E-state index contributed by atoms with van der Waals surface area (Å²) in [5.41, 5.74) is 1.92. The molecule has 0 N–H and O–H groups in total. The van der Waals surface area contributed by atoms with Crippen molar-refractivity contribution in [3.05, 3.63) is 91.4 Å². The molecule has 160 valence electrons. The molecule has 0 unspecified atom stereocenters. The van der Waals surface area contributed by atoms with E-state index >= 15 is 0 Å². The molecule has 5 nitrogen and oxygen atoms in total. The fraction of sp³-hybridized carbons (Fsp3) is 0.136. The summed E-state index contributed by atoms with van der Waals surface area (Å²) in [6.45, 7) is 4.01. The van der Waals surface area contributed by atoms with Crippen LogP contribution in [-0.4, -0.2) is 11.1 Å². The molecule has 31 heavy (non-hydrogen) atoms. The first-order chi connectivity index (χ1) is 14.5. The van der Waals surface area contributed by atoms with E-state index in [0.29, 0.717) is 10.5 Å². The maximum atomic E-state index is 12.9. The van der Waals surface area contributed by atoms with Crippen molar-refractivity contribution >= 4 is 33.5 Å². The zero-order valence-corrected chi connectivity index (χ0v) is 18.0. The third-order valence-corrected chi connectivity index (χ3v) is 5.13. The maximum absolute atomic E-state index is 12.9. The standard InChI is InChI=1S/C22H16BrF3N2O3/c1-13-3-6-17(9-14(13)2)27-12-15-4-7-20(18(23)10-15)31-21-8-5-16(22(24,25)26)11-19(21)28(29)30/h3-12H,1-2H3. The van der Waals surface area contributed by atoms with E-state index in [1.54, 1.807) is 24.4 Å². The highest BCUT2D eigenvalue weighted by Gasteiger charge is 2.33. The van der Waals surface area contributed by atoms with E-state index < -0.39 is 22.4 Å². The lowest BCUT2D eigenvalue weighted by Gasteiger charge is -2.11. The molecule has 0 saturated heterocycles. The predicted octanol–water partition coefficient (Wildman–Crippen LogP) is 7.54. The Bertz CT molecular complexity index is 1180. The highest BCUT2D eigenvalue weighted by atomic mass is 79.9. The van der Waals surface area contributed by atoms with Gasteiger partial charge < -0.3 is 4.74 Å². The second-order valence-corrected chi connectivity index (χ2v) is 7.61. The van der Waals surface area contributed by atoms with Crippen LogP contribution in [0.3, 0.4) is 0 Å². The molecule has 0 amide bonds. The van der Waals surface area contributed by atoms with Gasteiger partial charge in [-0.25, -0.2) is 0 Å². The molecule has 0 aromatic heterocycles. The Labute approximate surface area is 184 Å². The van der Waals surface area contributed by atoms with Crippen LogP contribution in [0.1, 0.15) is 22.3 Å². The van der Waals surface area contributed by atoms with Crippen molar-refractivity contribution in [1.29, 1.82) is 0 Å². The fourth-order valence-corrected chi connectivity index (χ4v) is 3.15. The normalized spacial score (nSPS) is 11.7. The fourth-order valence-electron chi connectivity index (χ4n) is 2.68. The molecular weight excluding hydrogens is 477 g/mol. The SMILES string of the molecule is Cc1ccc(N=Cc2ccc(Oc3ccc(C(F)(F)F)cc3[N+](=O)[O-])c(Br)c2)cc1C. The molecule has 3 rings (SSSR count). The quantitative estimate of drug-likeness (QED) is 0.210. The smallest absolute Gasteiger partial charge is 0.416 e. The van der Waals surface area contributed by atoms with Crippen LogP contribution < -0.4 is 4.74 Å². The molecule has 0 bridgehead atoms. The minimum atomic E-state index is -4.69. The number of ether oxygens (including phenoxy) is 1. The van der Waals surface area contributed by atoms with E-state index in [4.69, 9.17) is 4.74 Å². The number of rotatable bonds is 5. The summed E-state index contributed by atoms with van der Waals surface area (Å²) in [5.74, 6) is -0.0820. The van der Waals surface area contributed by atoms with Crippen molar-refractivity contribution in [3.63, 3.8) is 0 Å². The summed E-state index contributed by atoms with van der Waals surface area (Å²) in [5, 5.41) is 11.2. The van der Waals surface area contributed by atoms with Gasteiger partial charge in [0.1, 0.15) is 5.75 Å². The first-order valence-electron chi connectivity index (χ1n) is 8.99. The van der Waals surface area contributed by atoms with Gasteiger partial charge in [-0.3, -0.25) is 15.1 Å². The van der Waals surface area contributed by atoms with Crippen molar-refractivity contribution < 1.29 is 22.8 Å². The molecule has 0 aliphatic carbocycles. The lowest BCUT2D eigenvalue weighted by molar-refractivity contribution is -0.385. The third kappa shape index (κ3) is 5.49. The van der Waals surface area contributed by atoms with Gasteiger partial charge in [-0.2, -0.15) is 13.2 Å². The zero-order valence-electron chi connectivity index (χ0n) is 16.4. The number of aryl methyl sites for hydroxylation is 2. The Morgan fingerprint density at radius 1 is 1.00 bits per heavy atom. The molecule has 0 saturated carbocycles. The summed E-state index contributed by atoms with van der Waals surface area (Å²) < 4.78 is 44.5. The second kappa shape index (κ2) is 8.89. The average Bonchev–Trinajstić information content (AvgIpc) is 2.70. The molecule has 0 aliphatic heterocycles. The molecule has 0 heterocycles. The third-order valence-electron chi connectivity index (χ3n) is 4.51. The molecule has 0 fully saturated rings. The van der Waals surface area contributed by atoms with Gasteiger partial charge in [0.15, 0.2) is 0 Å². The molecular formula is C22H16BrF3N2O3. The highest BCUT2D eigenvalue weighted by Crippen LogP contribution is 2.39. The summed E-state index contributed by atoms with van der Waals surface area (Å²) in [6.07, 6.45) is -3.04. The minimum absolute atomic E-state index is 0.214. The van der Waals surface area contributed by atoms with Crippen LogP contribution in [-0.2, 0) is 6.18 Å². The van der Waals surface area contributed by atoms with Gasteiger partial charge in [0, 0.05) is 12.3 Å². The number of halogens is 4. The molecule has 3 aromatic rings. The average molecular weight is 493 g/mol. The van der Waals surface area contributed by atoms with Gasteiger partial charge >= 0.3 is 11.9 Å². The Kier molecular flexibility index (Phi) is 6.45. The van der Waals surface area contributed by atoms with E-state index in [1.165, 1.54) is 5.56 Å². The number of hydrogen-bond donors (Lipinski definition) is 0. The van der Waals surface area contributed by atoms with Gasteiger partial charge in [0.05, 0.1) is 20.6 Å². The second-order valence-electron chi connectivity index (χ2n) is 6.76. The number of aliphatic imine (C=N–C) groups is 1. The van der Waals surface area contributed by atoms with E-state index in [2.05, 4.69) is 20.9 Å². The Hall–Kier alpha value is -3.20. The Morgan fingerprint density at radius 3 is 2.32 bits per heavy atom. The molecule has 3 aromatic carbocycles. The first-order valence-corrected chi connectivity index (χ1v) is 9.78. The maximum Gasteiger partial charge on any atom is 0.416 e. The summed E-state index contributed by atoms with van der Waals surface area (Å²) in [7, 11) is 0. The number of nitrogens with zero attached hydrogens (tertiary/aromatic N) is 2. The van der Waals surface area contributed by atoms with E-state index in [1.807, 2.05) is 32.0 Å². The number of benzene rings is 3. The monoisotopic (exact) mass is 492 g/mol. The van der Waals surface area contributed by atoms with Crippen molar-refractivity contribution in [3.8, 4) is 11.5 Å². The van der Waals surface area contributed by atoms with Gasteiger partial charge in [0.2, 0.25) is 5.75 Å². The first kappa shape index (κ1) is 22.5. The van der Waals surface area contributed by atoms with Crippen molar-refractivity contribution in [2.24, 2.45) is 4.99 Å². The van der Waals surface area contributed by atoms with Crippen LogP contribution in [0, 0.1) is 24.0 Å². The minimum Gasteiger partial charge on any atom is -0.449 e. The van der Waals surface area contributed by atoms with Crippen LogP contribution in [0.4, 0.5) is 24.5 Å². The number of nitro benzene ring substituents is 1. The summed E-state index contributed by atoms with van der Waals surface area (Å²) >= 11 is 3.32. The van der Waals surface area contributed by atoms with Gasteiger partial charge in [-0.1, -0.05) is 6.07 Å². The van der Waals surface area contributed by atoms with Crippen LogP contribution in [0.5, 0.6) is 11.5 Å². The highest BCUT2D eigenvalue weighted by molar-refractivity contribution is 9.10.